The summed E-state index contributed by atoms with van der Waals surface area (Å²) in [5.74, 6) is 0. The Kier molecular flexibility index (Phi) is 7.62. The zero-order valence-corrected chi connectivity index (χ0v) is 17.0. The molecule has 2 rings (SSSR count). The van der Waals surface area contributed by atoms with E-state index in [0.29, 0.717) is 17.5 Å². The Bertz CT molecular complexity index is 757. The maximum atomic E-state index is 12.3. The molecule has 0 fully saturated rings. The Morgan fingerprint density at radius 3 is 1.96 bits per heavy atom. The van der Waals surface area contributed by atoms with Gasteiger partial charge in [0.05, 0.1) is 4.90 Å². The van der Waals surface area contributed by atoms with Crippen molar-refractivity contribution in [2.24, 2.45) is 0 Å². The highest BCUT2D eigenvalue weighted by Crippen LogP contribution is 2.23. The van der Waals surface area contributed by atoms with Crippen molar-refractivity contribution in [3.05, 3.63) is 53.0 Å². The summed E-state index contributed by atoms with van der Waals surface area (Å²) in [4.78, 5) is 0.300. The summed E-state index contributed by atoms with van der Waals surface area (Å²) in [6.07, 6.45) is 1.76. The highest BCUT2D eigenvalue weighted by Gasteiger charge is 2.13. The first kappa shape index (κ1) is 20.1. The third-order valence-electron chi connectivity index (χ3n) is 3.79. The van der Waals surface area contributed by atoms with Crippen LogP contribution in [0.2, 0.25) is 0 Å². The Balaban J connectivity index is 1.90. The van der Waals surface area contributed by atoms with Crippen LogP contribution in [0.4, 0.5) is 0 Å². The first-order valence-corrected chi connectivity index (χ1v) is 10.7. The fourth-order valence-corrected chi connectivity index (χ4v) is 3.74. The molecule has 0 saturated carbocycles. The SMILES string of the molecule is CC(C)NCCCCNS(=O)(=O)c1ccc(-c2ccc(Br)cc2)cc1. The minimum atomic E-state index is -3.45. The van der Waals surface area contributed by atoms with Crippen LogP contribution in [0.25, 0.3) is 11.1 Å². The van der Waals surface area contributed by atoms with Crippen LogP contribution >= 0.6 is 15.9 Å². The van der Waals surface area contributed by atoms with Crippen LogP contribution in [-0.4, -0.2) is 27.5 Å². The van der Waals surface area contributed by atoms with Crippen LogP contribution in [0, 0.1) is 0 Å². The average Bonchev–Trinajstić information content (AvgIpc) is 2.58. The number of hydrogen-bond donors (Lipinski definition) is 2. The van der Waals surface area contributed by atoms with Crippen molar-refractivity contribution in [2.45, 2.75) is 37.6 Å². The normalized spacial score (nSPS) is 11.8. The quantitative estimate of drug-likeness (QED) is 0.593. The molecule has 0 atom stereocenters. The fraction of sp³-hybridized carbons (Fsp3) is 0.368. The van der Waals surface area contributed by atoms with Crippen LogP contribution in [0.3, 0.4) is 0 Å². The minimum Gasteiger partial charge on any atom is -0.315 e. The maximum Gasteiger partial charge on any atom is 0.240 e. The molecule has 25 heavy (non-hydrogen) atoms. The third kappa shape index (κ3) is 6.55. The first-order valence-electron chi connectivity index (χ1n) is 8.47. The van der Waals surface area contributed by atoms with E-state index in [1.165, 1.54) is 0 Å². The molecular weight excluding hydrogens is 400 g/mol. The monoisotopic (exact) mass is 424 g/mol. The largest absolute Gasteiger partial charge is 0.315 e. The lowest BCUT2D eigenvalue weighted by Gasteiger charge is -2.09. The molecule has 136 valence electrons. The fourth-order valence-electron chi connectivity index (χ4n) is 2.40. The molecule has 0 saturated heterocycles. The number of unbranched alkanes of at least 4 members (excludes halogenated alkanes) is 1. The van der Waals surface area contributed by atoms with Gasteiger partial charge in [-0.05, 0) is 54.8 Å². The van der Waals surface area contributed by atoms with Gasteiger partial charge in [0.25, 0.3) is 0 Å². The zero-order chi connectivity index (χ0) is 18.3. The van der Waals surface area contributed by atoms with E-state index in [-0.39, 0.29) is 0 Å². The van der Waals surface area contributed by atoms with Gasteiger partial charge in [-0.15, -0.1) is 0 Å². The van der Waals surface area contributed by atoms with Crippen molar-refractivity contribution >= 4 is 26.0 Å². The minimum absolute atomic E-state index is 0.300. The topological polar surface area (TPSA) is 58.2 Å². The standard InChI is InChI=1S/C19H25BrN2O2S/c1-15(2)21-13-3-4-14-22-25(23,24)19-11-7-17(8-12-19)16-5-9-18(20)10-6-16/h5-12,15,21-22H,3-4,13-14H2,1-2H3. The summed E-state index contributed by atoms with van der Waals surface area (Å²) < 4.78 is 28.4. The second-order valence-corrected chi connectivity index (χ2v) is 8.93. The summed E-state index contributed by atoms with van der Waals surface area (Å²) >= 11 is 3.41. The van der Waals surface area contributed by atoms with E-state index < -0.39 is 10.0 Å². The van der Waals surface area contributed by atoms with Crippen LogP contribution in [0.1, 0.15) is 26.7 Å². The van der Waals surface area contributed by atoms with Gasteiger partial charge in [-0.2, -0.15) is 0 Å². The van der Waals surface area contributed by atoms with Gasteiger partial charge < -0.3 is 5.32 Å². The summed E-state index contributed by atoms with van der Waals surface area (Å²) in [5, 5.41) is 3.32. The van der Waals surface area contributed by atoms with Gasteiger partial charge in [0.2, 0.25) is 10.0 Å². The van der Waals surface area contributed by atoms with Gasteiger partial charge in [0.1, 0.15) is 0 Å². The average molecular weight is 425 g/mol. The first-order chi connectivity index (χ1) is 11.9. The predicted molar refractivity (Wildman–Crippen MR) is 107 cm³/mol. The van der Waals surface area contributed by atoms with E-state index in [1.54, 1.807) is 12.1 Å². The van der Waals surface area contributed by atoms with Crippen molar-refractivity contribution in [3.8, 4) is 11.1 Å². The Hall–Kier alpha value is -1.21. The number of nitrogens with one attached hydrogen (secondary N) is 2. The highest BCUT2D eigenvalue weighted by molar-refractivity contribution is 9.10. The highest BCUT2D eigenvalue weighted by atomic mass is 79.9. The number of hydrogen-bond acceptors (Lipinski definition) is 3. The molecular formula is C19H25BrN2O2S. The molecule has 0 heterocycles. The van der Waals surface area contributed by atoms with Crippen LogP contribution in [-0.2, 0) is 10.0 Å². The molecule has 0 radical (unpaired) electrons. The number of sulfonamides is 1. The summed E-state index contributed by atoms with van der Waals surface area (Å²) in [6.45, 7) is 5.55. The number of halogens is 1. The van der Waals surface area contributed by atoms with Gasteiger partial charge in [0.15, 0.2) is 0 Å². The lowest BCUT2D eigenvalue weighted by atomic mass is 10.1. The molecule has 0 amide bonds. The number of rotatable bonds is 9. The molecule has 0 spiro atoms. The van der Waals surface area contributed by atoms with Gasteiger partial charge in [-0.1, -0.05) is 54.0 Å². The number of benzene rings is 2. The van der Waals surface area contributed by atoms with E-state index in [4.69, 9.17) is 0 Å². The molecule has 2 aromatic carbocycles. The molecule has 0 aliphatic carbocycles. The van der Waals surface area contributed by atoms with E-state index in [1.807, 2.05) is 36.4 Å². The van der Waals surface area contributed by atoms with Crippen LogP contribution < -0.4 is 10.0 Å². The van der Waals surface area contributed by atoms with Crippen molar-refractivity contribution < 1.29 is 8.42 Å². The second-order valence-electron chi connectivity index (χ2n) is 6.24. The summed E-state index contributed by atoms with van der Waals surface area (Å²) in [7, 11) is -3.45. The smallest absolute Gasteiger partial charge is 0.240 e. The molecule has 0 aromatic heterocycles. The lowest BCUT2D eigenvalue weighted by Crippen LogP contribution is -2.27. The zero-order valence-electron chi connectivity index (χ0n) is 14.6. The summed E-state index contributed by atoms with van der Waals surface area (Å²) in [6, 6.07) is 15.4. The van der Waals surface area contributed by atoms with E-state index >= 15 is 0 Å². The third-order valence-corrected chi connectivity index (χ3v) is 5.80. The van der Waals surface area contributed by atoms with Gasteiger partial charge in [0, 0.05) is 17.1 Å². The maximum absolute atomic E-state index is 12.3. The predicted octanol–water partition coefficient (Wildman–Crippen LogP) is 4.17. The second kappa shape index (κ2) is 9.48. The lowest BCUT2D eigenvalue weighted by molar-refractivity contribution is 0.547. The van der Waals surface area contributed by atoms with Gasteiger partial charge in [-0.25, -0.2) is 13.1 Å². The van der Waals surface area contributed by atoms with Crippen molar-refractivity contribution in [3.63, 3.8) is 0 Å². The van der Waals surface area contributed by atoms with Gasteiger partial charge >= 0.3 is 0 Å². The molecule has 0 bridgehead atoms. The molecule has 0 aliphatic heterocycles. The van der Waals surface area contributed by atoms with Crippen LogP contribution in [0.15, 0.2) is 57.9 Å². The van der Waals surface area contributed by atoms with E-state index in [2.05, 4.69) is 39.8 Å². The van der Waals surface area contributed by atoms with E-state index in [0.717, 1.165) is 35.0 Å². The Morgan fingerprint density at radius 2 is 1.40 bits per heavy atom. The van der Waals surface area contributed by atoms with Crippen molar-refractivity contribution in [1.82, 2.24) is 10.0 Å². The molecule has 4 nitrogen and oxygen atoms in total. The molecule has 2 aromatic rings. The summed E-state index contributed by atoms with van der Waals surface area (Å²) in [5.41, 5.74) is 2.05. The van der Waals surface area contributed by atoms with Crippen LogP contribution in [0.5, 0.6) is 0 Å². The van der Waals surface area contributed by atoms with Crippen molar-refractivity contribution in [2.75, 3.05) is 13.1 Å². The Morgan fingerprint density at radius 1 is 0.880 bits per heavy atom. The molecule has 6 heteroatoms. The molecule has 0 aliphatic rings. The Labute approximate surface area is 159 Å². The van der Waals surface area contributed by atoms with Gasteiger partial charge in [-0.3, -0.25) is 0 Å². The molecule has 0 unspecified atom stereocenters. The van der Waals surface area contributed by atoms with E-state index in [9.17, 15) is 8.42 Å². The molecule has 2 N–H and O–H groups in total. The van der Waals surface area contributed by atoms with Crippen molar-refractivity contribution in [1.29, 1.82) is 0 Å².